The van der Waals surface area contributed by atoms with Gasteiger partial charge in [0.25, 0.3) is 5.91 Å². The Morgan fingerprint density at radius 2 is 1.83 bits per heavy atom. The lowest BCUT2D eigenvalue weighted by Gasteiger charge is -2.26. The molecular formula is C22H31F2N3O2. The molecular weight excluding hydrogens is 376 g/mol. The number of hydrogen-bond acceptors (Lipinski definition) is 3. The molecule has 0 bridgehead atoms. The molecule has 0 aromatic heterocycles. The third-order valence-electron chi connectivity index (χ3n) is 5.97. The summed E-state index contributed by atoms with van der Waals surface area (Å²) in [7, 11) is 0. The number of carbonyl (C=O) groups is 2. The largest absolute Gasteiger partial charge is 0.352 e. The molecule has 1 saturated heterocycles. The summed E-state index contributed by atoms with van der Waals surface area (Å²) < 4.78 is 26.5. The van der Waals surface area contributed by atoms with Crippen LogP contribution < -0.4 is 10.6 Å². The molecule has 1 aromatic carbocycles. The van der Waals surface area contributed by atoms with E-state index in [9.17, 15) is 18.4 Å². The zero-order valence-electron chi connectivity index (χ0n) is 16.9. The molecule has 160 valence electrons. The average molecular weight is 408 g/mol. The quantitative estimate of drug-likeness (QED) is 0.538. The first-order valence-corrected chi connectivity index (χ1v) is 10.8. The highest BCUT2D eigenvalue weighted by Crippen LogP contribution is 2.25. The number of rotatable bonds is 7. The van der Waals surface area contributed by atoms with E-state index in [1.807, 2.05) is 0 Å². The van der Waals surface area contributed by atoms with Crippen molar-refractivity contribution in [2.75, 3.05) is 19.6 Å². The number of hydrogen-bond donors (Lipinski definition) is 2. The van der Waals surface area contributed by atoms with Crippen LogP contribution in [0.1, 0.15) is 68.1 Å². The van der Waals surface area contributed by atoms with Gasteiger partial charge in [0.05, 0.1) is 5.56 Å². The van der Waals surface area contributed by atoms with E-state index in [4.69, 9.17) is 0 Å². The van der Waals surface area contributed by atoms with Gasteiger partial charge in [-0.25, -0.2) is 8.78 Å². The van der Waals surface area contributed by atoms with Crippen LogP contribution in [0.3, 0.4) is 0 Å². The lowest BCUT2D eigenvalue weighted by Crippen LogP contribution is -2.40. The van der Waals surface area contributed by atoms with Gasteiger partial charge in [-0.1, -0.05) is 25.7 Å². The Morgan fingerprint density at radius 3 is 2.55 bits per heavy atom. The van der Waals surface area contributed by atoms with Gasteiger partial charge in [-0.15, -0.1) is 0 Å². The monoisotopic (exact) mass is 407 g/mol. The van der Waals surface area contributed by atoms with Gasteiger partial charge < -0.3 is 10.6 Å². The molecule has 1 heterocycles. The van der Waals surface area contributed by atoms with Crippen molar-refractivity contribution < 1.29 is 18.4 Å². The first-order chi connectivity index (χ1) is 14.0. The third kappa shape index (κ3) is 6.49. The van der Waals surface area contributed by atoms with E-state index in [-0.39, 0.29) is 24.1 Å². The molecule has 1 unspecified atom stereocenters. The van der Waals surface area contributed by atoms with E-state index in [2.05, 4.69) is 15.5 Å². The molecule has 2 amide bonds. The average Bonchev–Trinajstić information content (AvgIpc) is 2.97. The van der Waals surface area contributed by atoms with E-state index in [1.165, 1.54) is 38.5 Å². The van der Waals surface area contributed by atoms with Gasteiger partial charge in [-0.3, -0.25) is 14.5 Å². The Balaban J connectivity index is 1.32. The molecule has 7 heteroatoms. The second-order valence-corrected chi connectivity index (χ2v) is 8.18. The van der Waals surface area contributed by atoms with E-state index in [0.717, 1.165) is 31.6 Å². The summed E-state index contributed by atoms with van der Waals surface area (Å²) in [5.41, 5.74) is -0.194. The number of carbonyl (C=O) groups excluding carboxylic acids is 2. The van der Waals surface area contributed by atoms with Crippen molar-refractivity contribution in [3.63, 3.8) is 0 Å². The van der Waals surface area contributed by atoms with Crippen molar-refractivity contribution in [3.05, 3.63) is 35.4 Å². The van der Waals surface area contributed by atoms with Gasteiger partial charge in [-0.2, -0.15) is 0 Å². The number of halogens is 2. The maximum atomic E-state index is 13.6. The molecule has 1 aromatic rings. The second kappa shape index (κ2) is 10.7. The minimum Gasteiger partial charge on any atom is -0.352 e. The molecule has 0 radical (unpaired) electrons. The fourth-order valence-corrected chi connectivity index (χ4v) is 4.38. The zero-order valence-corrected chi connectivity index (χ0v) is 16.9. The number of benzene rings is 1. The Kier molecular flexibility index (Phi) is 7.98. The Hall–Kier alpha value is -2.02. The van der Waals surface area contributed by atoms with Crippen LogP contribution in [-0.4, -0.2) is 48.4 Å². The highest BCUT2D eigenvalue weighted by Gasteiger charge is 2.29. The summed E-state index contributed by atoms with van der Waals surface area (Å²) in [5, 5.41) is 5.68. The van der Waals surface area contributed by atoms with Gasteiger partial charge in [0, 0.05) is 44.2 Å². The van der Waals surface area contributed by atoms with Crippen LogP contribution in [-0.2, 0) is 4.79 Å². The third-order valence-corrected chi connectivity index (χ3v) is 5.97. The molecule has 2 aliphatic rings. The zero-order chi connectivity index (χ0) is 20.6. The predicted molar refractivity (Wildman–Crippen MR) is 108 cm³/mol. The van der Waals surface area contributed by atoms with Crippen LogP contribution in [0.25, 0.3) is 0 Å². The predicted octanol–water partition coefficient (Wildman–Crippen LogP) is 3.39. The van der Waals surface area contributed by atoms with Crippen LogP contribution in [0.2, 0.25) is 0 Å². The maximum absolute atomic E-state index is 13.6. The van der Waals surface area contributed by atoms with Crippen molar-refractivity contribution in [1.29, 1.82) is 0 Å². The van der Waals surface area contributed by atoms with E-state index < -0.39 is 17.5 Å². The molecule has 3 rings (SSSR count). The van der Waals surface area contributed by atoms with Gasteiger partial charge in [0.1, 0.15) is 11.6 Å². The van der Waals surface area contributed by atoms with Crippen molar-refractivity contribution in [2.24, 2.45) is 0 Å². The molecule has 1 aliphatic heterocycles. The summed E-state index contributed by atoms with van der Waals surface area (Å²) in [5.74, 6) is -2.22. The van der Waals surface area contributed by atoms with Crippen LogP contribution in [0.5, 0.6) is 0 Å². The SMILES string of the molecule is O=C(CCCNC(=O)c1ccc(F)cc1F)NC1CCN(C2CCCCCC2)C1. The topological polar surface area (TPSA) is 61.4 Å². The molecule has 2 N–H and O–H groups in total. The molecule has 1 atom stereocenters. The van der Waals surface area contributed by atoms with Crippen molar-refractivity contribution >= 4 is 11.8 Å². The van der Waals surface area contributed by atoms with E-state index in [0.29, 0.717) is 24.9 Å². The van der Waals surface area contributed by atoms with Gasteiger partial charge in [0.2, 0.25) is 5.91 Å². The fourth-order valence-electron chi connectivity index (χ4n) is 4.38. The standard InChI is InChI=1S/C22H31F2N3O2/c23-16-9-10-19(20(24)14-16)22(29)25-12-5-8-21(28)26-17-11-13-27(15-17)18-6-3-1-2-4-7-18/h9-10,14,17-18H,1-8,11-13,15H2,(H,25,29)(H,26,28). The van der Waals surface area contributed by atoms with Crippen LogP contribution in [0.15, 0.2) is 18.2 Å². The Bertz CT molecular complexity index is 705. The summed E-state index contributed by atoms with van der Waals surface area (Å²) in [6.07, 6.45) is 9.62. The number of nitrogens with one attached hydrogen (secondary N) is 2. The number of likely N-dealkylation sites (tertiary alicyclic amines) is 1. The first kappa shape index (κ1) is 21.7. The molecule has 1 saturated carbocycles. The molecule has 5 nitrogen and oxygen atoms in total. The van der Waals surface area contributed by atoms with Crippen molar-refractivity contribution in [2.45, 2.75) is 69.9 Å². The minimum atomic E-state index is -0.889. The summed E-state index contributed by atoms with van der Waals surface area (Å²) in [6.45, 7) is 2.24. The van der Waals surface area contributed by atoms with Crippen LogP contribution in [0, 0.1) is 11.6 Å². The highest BCUT2D eigenvalue weighted by molar-refractivity contribution is 5.94. The Morgan fingerprint density at radius 1 is 1.07 bits per heavy atom. The van der Waals surface area contributed by atoms with Gasteiger partial charge in [0.15, 0.2) is 0 Å². The van der Waals surface area contributed by atoms with Gasteiger partial charge in [-0.05, 0) is 37.8 Å². The highest BCUT2D eigenvalue weighted by atomic mass is 19.1. The second-order valence-electron chi connectivity index (χ2n) is 8.18. The normalized spacial score (nSPS) is 21.0. The Labute approximate surface area is 171 Å². The fraction of sp³-hybridized carbons (Fsp3) is 0.636. The van der Waals surface area contributed by atoms with Gasteiger partial charge >= 0.3 is 0 Å². The number of nitrogens with zero attached hydrogens (tertiary/aromatic N) is 1. The number of amides is 2. The van der Waals surface area contributed by atoms with Crippen LogP contribution >= 0.6 is 0 Å². The first-order valence-electron chi connectivity index (χ1n) is 10.8. The summed E-state index contributed by atoms with van der Waals surface area (Å²) >= 11 is 0. The molecule has 29 heavy (non-hydrogen) atoms. The lowest BCUT2D eigenvalue weighted by molar-refractivity contribution is -0.121. The van der Waals surface area contributed by atoms with E-state index in [1.54, 1.807) is 0 Å². The summed E-state index contributed by atoms with van der Waals surface area (Å²) in [6, 6.07) is 3.72. The van der Waals surface area contributed by atoms with Crippen molar-refractivity contribution in [3.8, 4) is 0 Å². The summed E-state index contributed by atoms with van der Waals surface area (Å²) in [4.78, 5) is 26.7. The molecule has 2 fully saturated rings. The van der Waals surface area contributed by atoms with E-state index >= 15 is 0 Å². The minimum absolute atomic E-state index is 0.0140. The molecule has 0 spiro atoms. The van der Waals surface area contributed by atoms with Crippen molar-refractivity contribution in [1.82, 2.24) is 15.5 Å². The smallest absolute Gasteiger partial charge is 0.254 e. The molecule has 1 aliphatic carbocycles. The maximum Gasteiger partial charge on any atom is 0.254 e. The van der Waals surface area contributed by atoms with Crippen LogP contribution in [0.4, 0.5) is 8.78 Å². The lowest BCUT2D eigenvalue weighted by atomic mass is 10.1.